The largest absolute Gasteiger partial charge is 0.465 e. The summed E-state index contributed by atoms with van der Waals surface area (Å²) in [4.78, 5) is 11.5. The van der Waals surface area contributed by atoms with Crippen molar-refractivity contribution in [2.45, 2.75) is 30.7 Å². The van der Waals surface area contributed by atoms with Crippen molar-refractivity contribution in [1.29, 1.82) is 0 Å². The highest BCUT2D eigenvalue weighted by molar-refractivity contribution is 7.89. The van der Waals surface area contributed by atoms with Crippen LogP contribution in [0.25, 0.3) is 0 Å². The van der Waals surface area contributed by atoms with Crippen molar-refractivity contribution in [1.82, 2.24) is 9.62 Å². The van der Waals surface area contributed by atoms with Crippen molar-refractivity contribution in [2.75, 3.05) is 26.7 Å². The summed E-state index contributed by atoms with van der Waals surface area (Å²) in [6, 6.07) is 3.38. The Morgan fingerprint density at radius 2 is 2.22 bits per heavy atom. The van der Waals surface area contributed by atoms with Gasteiger partial charge in [-0.1, -0.05) is 13.0 Å². The molecule has 0 spiro atoms. The maximum absolute atomic E-state index is 14.0. The van der Waals surface area contributed by atoms with Crippen LogP contribution in [0.2, 0.25) is 0 Å². The van der Waals surface area contributed by atoms with E-state index >= 15 is 0 Å². The van der Waals surface area contributed by atoms with E-state index in [0.29, 0.717) is 25.9 Å². The molecular weight excluding hydrogens is 323 g/mol. The van der Waals surface area contributed by atoms with Gasteiger partial charge in [-0.2, -0.15) is 4.31 Å². The van der Waals surface area contributed by atoms with Gasteiger partial charge in [-0.05, 0) is 31.5 Å². The van der Waals surface area contributed by atoms with Crippen molar-refractivity contribution >= 4 is 16.0 Å². The summed E-state index contributed by atoms with van der Waals surface area (Å²) in [6.07, 6.45) is 1.31. The Morgan fingerprint density at radius 3 is 2.78 bits per heavy atom. The van der Waals surface area contributed by atoms with Crippen molar-refractivity contribution < 1.29 is 22.3 Å². The van der Waals surface area contributed by atoms with Crippen LogP contribution in [0.1, 0.15) is 30.1 Å². The smallest absolute Gasteiger partial charge is 0.342 e. The fourth-order valence-corrected chi connectivity index (χ4v) is 4.69. The molecule has 1 aliphatic rings. The lowest BCUT2D eigenvalue weighted by molar-refractivity contribution is 0.0590. The Bertz CT molecular complexity index is 672. The lowest BCUT2D eigenvalue weighted by Crippen LogP contribution is -2.42. The van der Waals surface area contributed by atoms with Gasteiger partial charge >= 0.3 is 5.97 Å². The standard InChI is InChI=1S/C15H21FN2O4S/c1-3-9-18(11-7-8-17-10-11)23(20,21)13-6-4-5-12(16)14(13)15(19)22-2/h4-6,11,17H,3,7-10H2,1-2H3. The molecule has 6 nitrogen and oxygen atoms in total. The second-order valence-corrected chi connectivity index (χ2v) is 7.23. The van der Waals surface area contributed by atoms with E-state index in [2.05, 4.69) is 10.1 Å². The maximum atomic E-state index is 14.0. The van der Waals surface area contributed by atoms with E-state index in [-0.39, 0.29) is 10.9 Å². The number of ether oxygens (including phenoxy) is 1. The van der Waals surface area contributed by atoms with Crippen LogP contribution in [0.3, 0.4) is 0 Å². The number of rotatable bonds is 6. The Hall–Kier alpha value is -1.51. The van der Waals surface area contributed by atoms with Gasteiger partial charge in [0.15, 0.2) is 0 Å². The van der Waals surface area contributed by atoms with Gasteiger partial charge < -0.3 is 10.1 Å². The van der Waals surface area contributed by atoms with Gasteiger partial charge in [0.25, 0.3) is 0 Å². The summed E-state index contributed by atoms with van der Waals surface area (Å²) in [5.74, 6) is -1.90. The summed E-state index contributed by atoms with van der Waals surface area (Å²) >= 11 is 0. The summed E-state index contributed by atoms with van der Waals surface area (Å²) in [5, 5.41) is 3.12. The number of hydrogen-bond donors (Lipinski definition) is 1. The fraction of sp³-hybridized carbons (Fsp3) is 0.533. The highest BCUT2D eigenvalue weighted by atomic mass is 32.2. The minimum atomic E-state index is -4.00. The summed E-state index contributed by atoms with van der Waals surface area (Å²) in [7, 11) is -2.91. The second kappa shape index (κ2) is 7.37. The zero-order chi connectivity index (χ0) is 17.0. The van der Waals surface area contributed by atoms with Crippen LogP contribution in [0.15, 0.2) is 23.1 Å². The third-order valence-corrected chi connectivity index (χ3v) is 5.83. The van der Waals surface area contributed by atoms with Crippen LogP contribution in [-0.2, 0) is 14.8 Å². The number of methoxy groups -OCH3 is 1. The normalized spacial score (nSPS) is 18.3. The molecule has 8 heteroatoms. The average Bonchev–Trinajstić information content (AvgIpc) is 3.05. The number of nitrogens with zero attached hydrogens (tertiary/aromatic N) is 1. The number of carbonyl (C=O) groups is 1. The molecule has 1 aromatic carbocycles. The minimum absolute atomic E-state index is 0.200. The van der Waals surface area contributed by atoms with E-state index in [1.54, 1.807) is 0 Å². The molecule has 0 bridgehead atoms. The molecule has 0 aromatic heterocycles. The molecule has 1 fully saturated rings. The first-order valence-corrected chi connectivity index (χ1v) is 8.96. The second-order valence-electron chi connectivity index (χ2n) is 5.37. The molecular formula is C15H21FN2O4S. The van der Waals surface area contributed by atoms with E-state index in [0.717, 1.165) is 19.7 Å². The van der Waals surface area contributed by atoms with Gasteiger partial charge in [0.2, 0.25) is 10.0 Å². The molecule has 0 amide bonds. The highest BCUT2D eigenvalue weighted by Gasteiger charge is 2.36. The number of halogens is 1. The summed E-state index contributed by atoms with van der Waals surface area (Å²) in [5.41, 5.74) is -0.540. The first-order valence-electron chi connectivity index (χ1n) is 7.52. The van der Waals surface area contributed by atoms with Crippen molar-refractivity contribution in [3.05, 3.63) is 29.6 Å². The molecule has 128 valence electrons. The SMILES string of the molecule is CCCN(C1CCNC1)S(=O)(=O)c1cccc(F)c1C(=O)OC. The van der Waals surface area contributed by atoms with Crippen LogP contribution in [-0.4, -0.2) is 51.5 Å². The van der Waals surface area contributed by atoms with E-state index < -0.39 is 27.4 Å². The summed E-state index contributed by atoms with van der Waals surface area (Å²) in [6.45, 7) is 3.46. The molecule has 0 radical (unpaired) electrons. The number of nitrogens with one attached hydrogen (secondary N) is 1. The van der Waals surface area contributed by atoms with Crippen molar-refractivity contribution in [3.63, 3.8) is 0 Å². The fourth-order valence-electron chi connectivity index (χ4n) is 2.75. The molecule has 1 heterocycles. The maximum Gasteiger partial charge on any atom is 0.342 e. The molecule has 1 aromatic rings. The van der Waals surface area contributed by atoms with Crippen LogP contribution in [0.4, 0.5) is 4.39 Å². The zero-order valence-electron chi connectivity index (χ0n) is 13.2. The molecule has 1 saturated heterocycles. The number of esters is 1. The molecule has 23 heavy (non-hydrogen) atoms. The van der Waals surface area contributed by atoms with Gasteiger partial charge in [-0.15, -0.1) is 0 Å². The van der Waals surface area contributed by atoms with Gasteiger partial charge in [0, 0.05) is 19.1 Å². The Labute approximate surface area is 135 Å². The van der Waals surface area contributed by atoms with Crippen LogP contribution < -0.4 is 5.32 Å². The topological polar surface area (TPSA) is 75.7 Å². The van der Waals surface area contributed by atoms with Crippen molar-refractivity contribution in [3.8, 4) is 0 Å². The lowest BCUT2D eigenvalue weighted by atomic mass is 10.2. The Balaban J connectivity index is 2.53. The molecule has 1 unspecified atom stereocenters. The quantitative estimate of drug-likeness (QED) is 0.789. The third kappa shape index (κ3) is 3.54. The van der Waals surface area contributed by atoms with Crippen LogP contribution in [0, 0.1) is 5.82 Å². The van der Waals surface area contributed by atoms with Crippen molar-refractivity contribution in [2.24, 2.45) is 0 Å². The first kappa shape index (κ1) is 17.8. The third-order valence-electron chi connectivity index (χ3n) is 3.84. The molecule has 1 aliphatic heterocycles. The molecule has 0 saturated carbocycles. The number of sulfonamides is 1. The Kier molecular flexibility index (Phi) is 5.72. The van der Waals surface area contributed by atoms with Crippen LogP contribution >= 0.6 is 0 Å². The monoisotopic (exact) mass is 344 g/mol. The predicted octanol–water partition coefficient (Wildman–Crippen LogP) is 1.37. The molecule has 1 atom stereocenters. The Morgan fingerprint density at radius 1 is 1.48 bits per heavy atom. The van der Waals surface area contributed by atoms with E-state index in [1.165, 1.54) is 16.4 Å². The minimum Gasteiger partial charge on any atom is -0.465 e. The van der Waals surface area contributed by atoms with Crippen LogP contribution in [0.5, 0.6) is 0 Å². The first-order chi connectivity index (χ1) is 10.9. The molecule has 2 rings (SSSR count). The van der Waals surface area contributed by atoms with Gasteiger partial charge in [-0.3, -0.25) is 0 Å². The summed E-state index contributed by atoms with van der Waals surface area (Å²) < 4.78 is 46.0. The van der Waals surface area contributed by atoms with E-state index in [1.807, 2.05) is 6.92 Å². The number of carbonyl (C=O) groups excluding carboxylic acids is 1. The number of benzene rings is 1. The predicted molar refractivity (Wildman–Crippen MR) is 83.2 cm³/mol. The average molecular weight is 344 g/mol. The molecule has 1 N–H and O–H groups in total. The van der Waals surface area contributed by atoms with Gasteiger partial charge in [0.05, 0.1) is 12.0 Å². The van der Waals surface area contributed by atoms with E-state index in [9.17, 15) is 17.6 Å². The molecule has 0 aliphatic carbocycles. The highest BCUT2D eigenvalue weighted by Crippen LogP contribution is 2.26. The lowest BCUT2D eigenvalue weighted by Gasteiger charge is -2.28. The van der Waals surface area contributed by atoms with E-state index in [4.69, 9.17) is 0 Å². The number of hydrogen-bond acceptors (Lipinski definition) is 5. The van der Waals surface area contributed by atoms with Gasteiger partial charge in [0.1, 0.15) is 11.4 Å². The van der Waals surface area contributed by atoms with Gasteiger partial charge in [-0.25, -0.2) is 17.6 Å². The zero-order valence-corrected chi connectivity index (χ0v) is 14.0.